The van der Waals surface area contributed by atoms with Gasteiger partial charge in [0, 0.05) is 48.8 Å². The van der Waals surface area contributed by atoms with Crippen LogP contribution >= 0.6 is 34.3 Å². The van der Waals surface area contributed by atoms with E-state index in [2.05, 4.69) is 20.5 Å². The van der Waals surface area contributed by atoms with Gasteiger partial charge in [0.05, 0.1) is 45.3 Å². The van der Waals surface area contributed by atoms with Crippen LogP contribution in [0.5, 0.6) is 11.5 Å². The molecule has 300 valence electrons. The molecule has 0 radical (unpaired) electrons. The number of benzene rings is 2. The van der Waals surface area contributed by atoms with Crippen LogP contribution in [0.1, 0.15) is 52.7 Å². The first kappa shape index (κ1) is 42.6. The van der Waals surface area contributed by atoms with Crippen LogP contribution in [0, 0.1) is 0 Å². The number of methoxy groups -OCH3 is 1. The minimum atomic E-state index is -1.53. The number of carboxylic acid groups (broad SMARTS) is 1. The van der Waals surface area contributed by atoms with Crippen LogP contribution < -0.4 is 20.9 Å². The second kappa shape index (κ2) is 19.1. The molecular weight excluding hydrogens is 787 g/mol. The Hall–Kier alpha value is -4.55. The van der Waals surface area contributed by atoms with Crippen LogP contribution in [0.2, 0.25) is 5.02 Å². The maximum atomic E-state index is 12.8. The summed E-state index contributed by atoms with van der Waals surface area (Å²) in [5, 5.41) is 41.9. The average molecular weight is 831 g/mol. The molecule has 1 saturated carbocycles. The lowest BCUT2D eigenvalue weighted by atomic mass is 9.90. The van der Waals surface area contributed by atoms with E-state index >= 15 is 0 Å². The summed E-state index contributed by atoms with van der Waals surface area (Å²) < 4.78 is 17.5. The molecule has 1 aliphatic rings. The highest BCUT2D eigenvalue weighted by Gasteiger charge is 2.48. The third-order valence-electron chi connectivity index (χ3n) is 9.85. The van der Waals surface area contributed by atoms with Gasteiger partial charge in [-0.2, -0.15) is 0 Å². The van der Waals surface area contributed by atoms with E-state index in [0.717, 1.165) is 12.8 Å². The molecule has 3 heterocycles. The predicted molar refractivity (Wildman–Crippen MR) is 215 cm³/mol. The number of amides is 1. The Morgan fingerprint density at radius 1 is 1.05 bits per heavy atom. The SMILES string of the molecule is COc1cc(NC(=O)OCCN(C)C2CCC(OC(C(=O)O)(c3cccs3)c3cccs3)CC2)c(Cl)cc1CNC[C@H](O)c1ccc(O)c2[nH]c(=O)ccc12.F. The molecule has 3 aromatic heterocycles. The summed E-state index contributed by atoms with van der Waals surface area (Å²) in [4.78, 5) is 43.3. The van der Waals surface area contributed by atoms with Crippen LogP contribution in [0.4, 0.5) is 15.2 Å². The Balaban J connectivity index is 0.00000600. The van der Waals surface area contributed by atoms with E-state index in [1.807, 2.05) is 42.1 Å². The van der Waals surface area contributed by atoms with Gasteiger partial charge in [0.1, 0.15) is 18.1 Å². The highest BCUT2D eigenvalue weighted by molar-refractivity contribution is 7.12. The highest BCUT2D eigenvalue weighted by Crippen LogP contribution is 2.42. The van der Waals surface area contributed by atoms with Crippen molar-refractivity contribution in [2.24, 2.45) is 0 Å². The number of aliphatic hydroxyl groups excluding tert-OH is 1. The molecule has 0 spiro atoms. The Bertz CT molecular complexity index is 2110. The quantitative estimate of drug-likeness (QED) is 0.0613. The van der Waals surface area contributed by atoms with Crippen molar-refractivity contribution in [3.63, 3.8) is 0 Å². The van der Waals surface area contributed by atoms with Crippen molar-refractivity contribution in [2.75, 3.05) is 39.2 Å². The molecule has 0 aliphatic heterocycles. The molecule has 5 aromatic rings. The lowest BCUT2D eigenvalue weighted by Gasteiger charge is -2.38. The van der Waals surface area contributed by atoms with Crippen LogP contribution in [-0.4, -0.2) is 83.3 Å². The Labute approximate surface area is 335 Å². The van der Waals surface area contributed by atoms with Crippen LogP contribution in [-0.2, 0) is 26.4 Å². The van der Waals surface area contributed by atoms with Gasteiger partial charge in [0.25, 0.3) is 0 Å². The topological polar surface area (TPSA) is 183 Å². The largest absolute Gasteiger partial charge is 0.506 e. The van der Waals surface area contributed by atoms with E-state index in [0.29, 0.717) is 57.1 Å². The zero-order valence-electron chi connectivity index (χ0n) is 30.7. The number of nitrogens with one attached hydrogen (secondary N) is 3. The fourth-order valence-electron chi connectivity index (χ4n) is 6.94. The standard InChI is InChI=1S/C39H43ClN4O9S2.FH/c1-44(24-7-9-25(10-8-24)53-39(37(48)49,33-5-3-17-54-33)34-6-4-18-55-34)15-16-52-38(50)42-29-20-32(51-2)23(19-28(29)40)21-41-22-31(46)26-11-13-30(45)36-27(26)12-14-35(47)43-36;/h3-6,11-14,17-20,24-25,31,41,45-46H,7-10,15-16,21-22H2,1-2H3,(H,42,50)(H,43,47)(H,48,49);1H/t24?,25?,31-;/m0./s1. The van der Waals surface area contributed by atoms with Crippen molar-refractivity contribution in [3.8, 4) is 11.5 Å². The third kappa shape index (κ3) is 9.52. The van der Waals surface area contributed by atoms with Gasteiger partial charge in [-0.05, 0) is 79.4 Å². The molecule has 13 nitrogen and oxygen atoms in total. The number of phenols is 1. The van der Waals surface area contributed by atoms with Crippen molar-refractivity contribution in [1.29, 1.82) is 0 Å². The number of pyridine rings is 1. The monoisotopic (exact) mass is 830 g/mol. The lowest BCUT2D eigenvalue weighted by molar-refractivity contribution is -0.170. The summed E-state index contributed by atoms with van der Waals surface area (Å²) in [6.07, 6.45) is 1.18. The molecule has 1 aliphatic carbocycles. The van der Waals surface area contributed by atoms with E-state index in [1.54, 1.807) is 24.3 Å². The number of carbonyl (C=O) groups excluding carboxylic acids is 1. The molecular formula is C39H44ClFN4O9S2. The van der Waals surface area contributed by atoms with Crippen molar-refractivity contribution < 1.29 is 43.8 Å². The number of anilines is 1. The number of rotatable bonds is 16. The van der Waals surface area contributed by atoms with Crippen molar-refractivity contribution in [1.82, 2.24) is 15.2 Å². The number of carboxylic acids is 1. The normalized spacial score (nSPS) is 16.3. The first-order chi connectivity index (χ1) is 26.5. The summed E-state index contributed by atoms with van der Waals surface area (Å²) in [7, 11) is 3.48. The van der Waals surface area contributed by atoms with E-state index in [9.17, 15) is 29.7 Å². The maximum Gasteiger partial charge on any atom is 0.411 e. The number of aliphatic carboxylic acids is 1. The molecule has 6 rings (SSSR count). The Kier molecular flexibility index (Phi) is 14.5. The van der Waals surface area contributed by atoms with Gasteiger partial charge in [-0.3, -0.25) is 14.8 Å². The number of likely N-dealkylation sites (N-methyl/N-ethyl adjacent to an activating group) is 1. The lowest BCUT2D eigenvalue weighted by Crippen LogP contribution is -2.45. The highest BCUT2D eigenvalue weighted by atomic mass is 35.5. The van der Waals surface area contributed by atoms with Crippen molar-refractivity contribution in [2.45, 2.75) is 56.1 Å². The minimum absolute atomic E-state index is 0. The van der Waals surface area contributed by atoms with E-state index in [-0.39, 0.29) is 58.4 Å². The minimum Gasteiger partial charge on any atom is -0.506 e. The maximum absolute atomic E-state index is 12.8. The van der Waals surface area contributed by atoms with Gasteiger partial charge in [-0.1, -0.05) is 29.8 Å². The van der Waals surface area contributed by atoms with Gasteiger partial charge in [-0.25, -0.2) is 9.59 Å². The van der Waals surface area contributed by atoms with Crippen molar-refractivity contribution >= 4 is 62.9 Å². The number of thiophene rings is 2. The average Bonchev–Trinajstić information content (AvgIpc) is 3.92. The Morgan fingerprint density at radius 2 is 1.75 bits per heavy atom. The number of aliphatic hydroxyl groups is 1. The number of phenolic OH excluding ortho intramolecular Hbond substituents is 1. The summed E-state index contributed by atoms with van der Waals surface area (Å²) >= 11 is 9.30. The number of aromatic nitrogens is 1. The molecule has 0 saturated heterocycles. The van der Waals surface area contributed by atoms with Crippen LogP contribution in [0.3, 0.4) is 0 Å². The number of halogens is 2. The van der Waals surface area contributed by atoms with Gasteiger partial charge < -0.3 is 44.7 Å². The van der Waals surface area contributed by atoms with E-state index in [1.165, 1.54) is 41.9 Å². The third-order valence-corrected chi connectivity index (χ3v) is 12.1. The molecule has 6 N–H and O–H groups in total. The van der Waals surface area contributed by atoms with Gasteiger partial charge in [0.15, 0.2) is 0 Å². The smallest absolute Gasteiger partial charge is 0.411 e. The summed E-state index contributed by atoms with van der Waals surface area (Å²) in [5.74, 6) is -0.650. The van der Waals surface area contributed by atoms with Crippen molar-refractivity contribution in [3.05, 3.63) is 108 Å². The molecule has 1 amide bonds. The van der Waals surface area contributed by atoms with Gasteiger partial charge in [-0.15, -0.1) is 22.7 Å². The molecule has 0 unspecified atom stereocenters. The van der Waals surface area contributed by atoms with Gasteiger partial charge in [0.2, 0.25) is 11.2 Å². The Morgan fingerprint density at radius 3 is 2.38 bits per heavy atom. The number of hydrogen-bond acceptors (Lipinski definition) is 12. The number of aromatic amines is 1. The molecule has 2 aromatic carbocycles. The number of carbonyl (C=O) groups is 2. The first-order valence-electron chi connectivity index (χ1n) is 17.7. The van der Waals surface area contributed by atoms with Crippen LogP contribution in [0.15, 0.2) is 76.2 Å². The molecule has 1 fully saturated rings. The second-order valence-corrected chi connectivity index (χ2v) is 15.6. The summed E-state index contributed by atoms with van der Waals surface area (Å²) in [6, 6.07) is 16.7. The first-order valence-corrected chi connectivity index (χ1v) is 19.9. The number of fused-ring (bicyclic) bond motifs is 1. The predicted octanol–water partition coefficient (Wildman–Crippen LogP) is 6.83. The summed E-state index contributed by atoms with van der Waals surface area (Å²) in [5.41, 5.74) is -0.108. The number of hydrogen-bond donors (Lipinski definition) is 6. The number of H-pyrrole nitrogens is 1. The zero-order chi connectivity index (χ0) is 39.1. The molecule has 17 heteroatoms. The zero-order valence-corrected chi connectivity index (χ0v) is 33.0. The van der Waals surface area contributed by atoms with Gasteiger partial charge >= 0.3 is 12.1 Å². The second-order valence-electron chi connectivity index (χ2n) is 13.3. The fourth-order valence-corrected chi connectivity index (χ4v) is 8.99. The van der Waals surface area contributed by atoms with E-state index in [4.69, 9.17) is 25.8 Å². The number of ether oxygens (including phenoxy) is 3. The fraction of sp³-hybridized carbons (Fsp3) is 0.359. The number of aromatic hydroxyl groups is 1. The molecule has 0 bridgehead atoms. The molecule has 1 atom stereocenters. The van der Waals surface area contributed by atoms with Crippen LogP contribution in [0.25, 0.3) is 10.9 Å². The van der Waals surface area contributed by atoms with E-state index < -0.39 is 23.8 Å². The number of nitrogens with zero attached hydrogens (tertiary/aromatic N) is 1. The molecule has 56 heavy (non-hydrogen) atoms. The summed E-state index contributed by atoms with van der Waals surface area (Å²) in [6.45, 7) is 1.07.